The molecule has 174 valence electrons. The molecule has 33 heavy (non-hydrogen) atoms. The van der Waals surface area contributed by atoms with Crippen LogP contribution in [-0.2, 0) is 23.1 Å². The van der Waals surface area contributed by atoms with E-state index in [1.807, 2.05) is 60.7 Å². The molecule has 0 bridgehead atoms. The van der Waals surface area contributed by atoms with Crippen molar-refractivity contribution in [3.05, 3.63) is 95.6 Å². The van der Waals surface area contributed by atoms with Crippen LogP contribution in [0.4, 0.5) is 0 Å². The minimum absolute atomic E-state index is 0.0647. The maximum atomic E-state index is 13.6. The molecule has 0 aliphatic heterocycles. The summed E-state index contributed by atoms with van der Waals surface area (Å²) in [5, 5.41) is 0. The molecule has 3 rings (SSSR count). The summed E-state index contributed by atoms with van der Waals surface area (Å²) in [6.45, 7) is 6.06. The van der Waals surface area contributed by atoms with Crippen molar-refractivity contribution in [1.82, 2.24) is 9.62 Å². The summed E-state index contributed by atoms with van der Waals surface area (Å²) in [6.07, 6.45) is 0. The van der Waals surface area contributed by atoms with E-state index >= 15 is 0 Å². The summed E-state index contributed by atoms with van der Waals surface area (Å²) >= 11 is 0. The molecule has 0 atom stereocenters. The quantitative estimate of drug-likeness (QED) is 0.526. The van der Waals surface area contributed by atoms with Crippen molar-refractivity contribution in [2.75, 3.05) is 7.11 Å². The van der Waals surface area contributed by atoms with E-state index in [0.717, 1.165) is 11.1 Å². The number of nitrogens with one attached hydrogen (secondary N) is 1. The highest BCUT2D eigenvalue weighted by Crippen LogP contribution is 2.27. The number of carbonyl (C=O) groups excluding carboxylic acids is 1. The molecule has 0 radical (unpaired) electrons. The van der Waals surface area contributed by atoms with E-state index in [4.69, 9.17) is 4.74 Å². The fourth-order valence-corrected chi connectivity index (χ4v) is 5.08. The fourth-order valence-electron chi connectivity index (χ4n) is 3.47. The summed E-state index contributed by atoms with van der Waals surface area (Å²) in [4.78, 5) is 15.2. The van der Waals surface area contributed by atoms with Gasteiger partial charge in [0.1, 0.15) is 10.6 Å². The van der Waals surface area contributed by atoms with E-state index in [2.05, 4.69) is 4.72 Å². The van der Waals surface area contributed by atoms with Crippen LogP contribution in [0.5, 0.6) is 5.75 Å². The van der Waals surface area contributed by atoms with Gasteiger partial charge in [0.2, 0.25) is 10.0 Å². The largest absolute Gasteiger partial charge is 0.495 e. The number of amides is 1. The summed E-state index contributed by atoms with van der Waals surface area (Å²) in [5.74, 6) is -0.0847. The van der Waals surface area contributed by atoms with Crippen LogP contribution in [0.3, 0.4) is 0 Å². The number of rotatable bonds is 8. The Labute approximate surface area is 196 Å². The van der Waals surface area contributed by atoms with Gasteiger partial charge in [0.15, 0.2) is 0 Å². The van der Waals surface area contributed by atoms with E-state index in [9.17, 15) is 13.2 Å². The molecule has 7 heteroatoms. The van der Waals surface area contributed by atoms with Gasteiger partial charge in [0.25, 0.3) is 5.91 Å². The lowest BCUT2D eigenvalue weighted by Gasteiger charge is -2.24. The first-order valence-electron chi connectivity index (χ1n) is 10.7. The lowest BCUT2D eigenvalue weighted by molar-refractivity contribution is 0.0729. The fraction of sp³-hybridized carbons (Fsp3) is 0.269. The molecule has 0 aliphatic carbocycles. The molecule has 3 aromatic rings. The van der Waals surface area contributed by atoms with Gasteiger partial charge in [-0.15, -0.1) is 0 Å². The van der Waals surface area contributed by atoms with E-state index in [-0.39, 0.29) is 22.1 Å². The molecule has 6 nitrogen and oxygen atoms in total. The van der Waals surface area contributed by atoms with Crippen molar-refractivity contribution in [1.29, 1.82) is 0 Å². The number of nitrogens with zero attached hydrogens (tertiary/aromatic N) is 1. The second kappa shape index (κ2) is 10.2. The van der Waals surface area contributed by atoms with E-state index in [1.54, 1.807) is 31.7 Å². The number of carbonyl (C=O) groups is 1. The second-order valence-electron chi connectivity index (χ2n) is 8.85. The molecule has 0 heterocycles. The molecule has 0 unspecified atom stereocenters. The Hall–Kier alpha value is -3.16. The normalized spacial score (nSPS) is 11.8. The molecule has 0 fully saturated rings. The van der Waals surface area contributed by atoms with Crippen LogP contribution in [0.2, 0.25) is 0 Å². The molecule has 0 aliphatic rings. The van der Waals surface area contributed by atoms with Gasteiger partial charge in [-0.25, -0.2) is 13.1 Å². The molecule has 1 amide bonds. The SMILES string of the molecule is COc1ccc(C(=O)N(Cc2ccccc2)Cc2ccccc2)cc1S(=O)(=O)NC(C)(C)C. The maximum Gasteiger partial charge on any atom is 0.254 e. The molecule has 3 aromatic carbocycles. The number of ether oxygens (including phenoxy) is 1. The third-order valence-electron chi connectivity index (χ3n) is 4.86. The van der Waals surface area contributed by atoms with Crippen LogP contribution in [0.15, 0.2) is 83.8 Å². The van der Waals surface area contributed by atoms with Gasteiger partial charge in [-0.3, -0.25) is 4.79 Å². The predicted octanol–water partition coefficient (Wildman–Crippen LogP) is 4.61. The molecule has 1 N–H and O–H groups in total. The first kappa shape index (κ1) is 24.5. The highest BCUT2D eigenvalue weighted by atomic mass is 32.2. The average molecular weight is 467 g/mol. The Morgan fingerprint density at radius 2 is 1.39 bits per heavy atom. The zero-order valence-corrected chi connectivity index (χ0v) is 20.2. The lowest BCUT2D eigenvalue weighted by atomic mass is 10.1. The second-order valence-corrected chi connectivity index (χ2v) is 10.5. The zero-order chi connectivity index (χ0) is 24.1. The number of sulfonamides is 1. The first-order chi connectivity index (χ1) is 15.6. The van der Waals surface area contributed by atoms with Crippen LogP contribution in [0.1, 0.15) is 42.3 Å². The molecule has 0 spiro atoms. The van der Waals surface area contributed by atoms with Gasteiger partial charge < -0.3 is 9.64 Å². The number of hydrogen-bond donors (Lipinski definition) is 1. The Morgan fingerprint density at radius 1 is 0.879 bits per heavy atom. The summed E-state index contributed by atoms with van der Waals surface area (Å²) in [6, 6.07) is 23.9. The van der Waals surface area contributed by atoms with Crippen LogP contribution >= 0.6 is 0 Å². The highest BCUT2D eigenvalue weighted by molar-refractivity contribution is 7.89. The standard InChI is InChI=1S/C26H30N2O4S/c1-26(2,3)27-33(30,31)24-17-22(15-16-23(24)32-4)25(29)28(18-20-11-7-5-8-12-20)19-21-13-9-6-10-14-21/h5-17,27H,18-19H2,1-4H3. The maximum absolute atomic E-state index is 13.6. The van der Waals surface area contributed by atoms with Gasteiger partial charge in [-0.1, -0.05) is 60.7 Å². The zero-order valence-electron chi connectivity index (χ0n) is 19.4. The summed E-state index contributed by atoms with van der Waals surface area (Å²) in [5.41, 5.74) is 1.56. The van der Waals surface area contributed by atoms with Crippen LogP contribution in [-0.4, -0.2) is 31.9 Å². The highest BCUT2D eigenvalue weighted by Gasteiger charge is 2.27. The Balaban J connectivity index is 1.99. The summed E-state index contributed by atoms with van der Waals surface area (Å²) in [7, 11) is -2.50. The molecule has 0 saturated heterocycles. The van der Waals surface area contributed by atoms with Crippen molar-refractivity contribution >= 4 is 15.9 Å². The topological polar surface area (TPSA) is 75.7 Å². The summed E-state index contributed by atoms with van der Waals surface area (Å²) < 4.78 is 34.0. The molecule has 0 saturated carbocycles. The number of benzene rings is 3. The minimum Gasteiger partial charge on any atom is -0.495 e. The Bertz CT molecular complexity index is 1150. The van der Waals surface area contributed by atoms with Crippen LogP contribution in [0.25, 0.3) is 0 Å². The molecular formula is C26H30N2O4S. The third-order valence-corrected chi connectivity index (χ3v) is 6.64. The molecule has 0 aromatic heterocycles. The van der Waals surface area contributed by atoms with Gasteiger partial charge in [0, 0.05) is 24.2 Å². The minimum atomic E-state index is -3.91. The van der Waals surface area contributed by atoms with Crippen molar-refractivity contribution in [2.24, 2.45) is 0 Å². The number of hydrogen-bond acceptors (Lipinski definition) is 4. The first-order valence-corrected chi connectivity index (χ1v) is 12.2. The van der Waals surface area contributed by atoms with Gasteiger partial charge in [-0.2, -0.15) is 0 Å². The van der Waals surface area contributed by atoms with E-state index in [0.29, 0.717) is 13.1 Å². The number of methoxy groups -OCH3 is 1. The van der Waals surface area contributed by atoms with Crippen LogP contribution in [0, 0.1) is 0 Å². The Kier molecular flexibility index (Phi) is 7.56. The third kappa shape index (κ3) is 6.66. The van der Waals surface area contributed by atoms with Crippen molar-refractivity contribution in [3.63, 3.8) is 0 Å². The van der Waals surface area contributed by atoms with Crippen molar-refractivity contribution in [2.45, 2.75) is 44.3 Å². The predicted molar refractivity (Wildman–Crippen MR) is 130 cm³/mol. The van der Waals surface area contributed by atoms with Gasteiger partial charge in [-0.05, 0) is 50.1 Å². The van der Waals surface area contributed by atoms with Gasteiger partial charge >= 0.3 is 0 Å². The van der Waals surface area contributed by atoms with Gasteiger partial charge in [0.05, 0.1) is 7.11 Å². The van der Waals surface area contributed by atoms with Crippen LogP contribution < -0.4 is 9.46 Å². The van der Waals surface area contributed by atoms with E-state index in [1.165, 1.54) is 19.2 Å². The monoisotopic (exact) mass is 466 g/mol. The smallest absolute Gasteiger partial charge is 0.254 e. The van der Waals surface area contributed by atoms with Crippen molar-refractivity contribution in [3.8, 4) is 5.75 Å². The molecular weight excluding hydrogens is 436 g/mol. The van der Waals surface area contributed by atoms with E-state index < -0.39 is 15.6 Å². The van der Waals surface area contributed by atoms with Crippen molar-refractivity contribution < 1.29 is 17.9 Å². The lowest BCUT2D eigenvalue weighted by Crippen LogP contribution is -2.40. The Morgan fingerprint density at radius 3 is 1.85 bits per heavy atom. The average Bonchev–Trinajstić information content (AvgIpc) is 2.77.